The Morgan fingerprint density at radius 2 is 1.89 bits per heavy atom. The van der Waals surface area contributed by atoms with Gasteiger partial charge in [-0.1, -0.05) is 12.1 Å². The van der Waals surface area contributed by atoms with Gasteiger partial charge in [0.2, 0.25) is 0 Å². The molecular formula is C27H27FN4O5. The standard InChI is InChI=1S/C27H27FN4O5/c1-4-36-14-8-13-31-23-20(26(34)32-12-7-9-17(3)22(32)29-23)16-21(27(35)37-5-2)24(31)30-25(33)18-10-6-11-19(28)15-18/h6-7,9-12,15-16H,4-5,8,13-14H2,1-3H3. The minimum atomic E-state index is -0.753. The number of benzene rings is 1. The van der Waals surface area contributed by atoms with Crippen molar-refractivity contribution in [1.29, 1.82) is 0 Å². The van der Waals surface area contributed by atoms with Crippen molar-refractivity contribution in [1.82, 2.24) is 14.0 Å². The molecule has 9 nitrogen and oxygen atoms in total. The van der Waals surface area contributed by atoms with E-state index in [1.807, 2.05) is 19.9 Å². The van der Waals surface area contributed by atoms with E-state index in [0.29, 0.717) is 25.3 Å². The summed E-state index contributed by atoms with van der Waals surface area (Å²) in [4.78, 5) is 48.6. The van der Waals surface area contributed by atoms with Crippen LogP contribution in [0.2, 0.25) is 0 Å². The summed E-state index contributed by atoms with van der Waals surface area (Å²) >= 11 is 0. The highest BCUT2D eigenvalue weighted by Gasteiger charge is 2.20. The lowest BCUT2D eigenvalue weighted by Crippen LogP contribution is -2.33. The van der Waals surface area contributed by atoms with Crippen molar-refractivity contribution < 1.29 is 23.5 Å². The average molecular weight is 507 g/mol. The number of halogens is 1. The van der Waals surface area contributed by atoms with Crippen LogP contribution in [0, 0.1) is 12.7 Å². The van der Waals surface area contributed by atoms with Crippen LogP contribution in [0.1, 0.15) is 46.5 Å². The summed E-state index contributed by atoms with van der Waals surface area (Å²) in [5, 5.41) is 0.166. The molecular weight excluding hydrogens is 479 g/mol. The Hall–Kier alpha value is -4.18. The minimum absolute atomic E-state index is 0.0122. The predicted molar refractivity (Wildman–Crippen MR) is 135 cm³/mol. The number of pyridine rings is 2. The second kappa shape index (κ2) is 11.3. The van der Waals surface area contributed by atoms with Gasteiger partial charge in [0.15, 0.2) is 5.49 Å². The zero-order valence-electron chi connectivity index (χ0n) is 20.9. The molecule has 4 aromatic rings. The molecule has 0 aliphatic heterocycles. The first-order chi connectivity index (χ1) is 17.8. The Bertz CT molecular complexity index is 1620. The van der Waals surface area contributed by atoms with Gasteiger partial charge in [-0.3, -0.25) is 14.0 Å². The van der Waals surface area contributed by atoms with E-state index in [2.05, 4.69) is 4.99 Å². The first-order valence-corrected chi connectivity index (χ1v) is 12.0. The Kier molecular flexibility index (Phi) is 7.88. The first kappa shape index (κ1) is 25.9. The summed E-state index contributed by atoms with van der Waals surface area (Å²) in [5.74, 6) is -2.09. The molecule has 3 heterocycles. The van der Waals surface area contributed by atoms with Gasteiger partial charge in [0, 0.05) is 31.5 Å². The van der Waals surface area contributed by atoms with Crippen LogP contribution in [-0.4, -0.2) is 45.6 Å². The zero-order valence-corrected chi connectivity index (χ0v) is 20.9. The number of nitrogens with zero attached hydrogens (tertiary/aromatic N) is 4. The maximum absolute atomic E-state index is 13.8. The van der Waals surface area contributed by atoms with Crippen molar-refractivity contribution in [3.05, 3.63) is 87.0 Å². The van der Waals surface area contributed by atoms with Crippen molar-refractivity contribution in [2.45, 2.75) is 33.7 Å². The van der Waals surface area contributed by atoms with Gasteiger partial charge < -0.3 is 14.0 Å². The molecule has 0 spiro atoms. The summed E-state index contributed by atoms with van der Waals surface area (Å²) in [6, 6.07) is 10.0. The van der Waals surface area contributed by atoms with Gasteiger partial charge >= 0.3 is 5.97 Å². The molecule has 0 saturated heterocycles. The van der Waals surface area contributed by atoms with E-state index in [4.69, 9.17) is 14.5 Å². The summed E-state index contributed by atoms with van der Waals surface area (Å²) in [5.41, 5.74) is 1.00. The fraction of sp³-hybridized carbons (Fsp3) is 0.296. The number of carbonyl (C=O) groups excluding carboxylic acids is 2. The zero-order chi connectivity index (χ0) is 26.5. The van der Waals surface area contributed by atoms with Gasteiger partial charge in [-0.05, 0) is 63.1 Å². The lowest BCUT2D eigenvalue weighted by molar-refractivity contribution is 0.0523. The molecule has 0 N–H and O–H groups in total. The summed E-state index contributed by atoms with van der Waals surface area (Å²) in [6.45, 7) is 6.60. The highest BCUT2D eigenvalue weighted by atomic mass is 19.1. The normalized spacial score (nSPS) is 11.8. The van der Waals surface area contributed by atoms with E-state index in [0.717, 1.165) is 11.6 Å². The van der Waals surface area contributed by atoms with Crippen LogP contribution in [0.4, 0.5) is 4.39 Å². The van der Waals surface area contributed by atoms with Crippen LogP contribution >= 0.6 is 0 Å². The molecule has 37 heavy (non-hydrogen) atoms. The van der Waals surface area contributed by atoms with Crippen LogP contribution in [-0.2, 0) is 16.0 Å². The Labute approximate surface area is 211 Å². The maximum Gasteiger partial charge on any atom is 0.341 e. The van der Waals surface area contributed by atoms with Crippen LogP contribution in [0.15, 0.2) is 58.4 Å². The summed E-state index contributed by atoms with van der Waals surface area (Å²) < 4.78 is 27.5. The lowest BCUT2D eigenvalue weighted by atomic mass is 10.2. The van der Waals surface area contributed by atoms with Gasteiger partial charge in [0.1, 0.15) is 22.7 Å². The van der Waals surface area contributed by atoms with E-state index < -0.39 is 17.7 Å². The Morgan fingerprint density at radius 1 is 1.08 bits per heavy atom. The smallest absolute Gasteiger partial charge is 0.341 e. The number of hydrogen-bond donors (Lipinski definition) is 0. The number of hydrogen-bond acceptors (Lipinski definition) is 6. The van der Waals surface area contributed by atoms with Gasteiger partial charge in [-0.2, -0.15) is 4.99 Å². The highest BCUT2D eigenvalue weighted by molar-refractivity contribution is 5.97. The SMILES string of the molecule is CCOCCCn1c(=NC(=O)c2cccc(F)c2)c(C(=O)OCC)cc2c(=O)n3cccc(C)c3nc21. The first-order valence-electron chi connectivity index (χ1n) is 12.0. The molecule has 3 aromatic heterocycles. The van der Waals surface area contributed by atoms with Gasteiger partial charge in [0.25, 0.3) is 11.5 Å². The second-order valence-corrected chi connectivity index (χ2v) is 8.27. The van der Waals surface area contributed by atoms with E-state index >= 15 is 0 Å². The number of carbonyl (C=O) groups is 2. The minimum Gasteiger partial charge on any atom is -0.462 e. The van der Waals surface area contributed by atoms with Gasteiger partial charge in [-0.25, -0.2) is 14.2 Å². The summed E-state index contributed by atoms with van der Waals surface area (Å²) in [7, 11) is 0. The topological polar surface area (TPSA) is 104 Å². The number of fused-ring (bicyclic) bond motifs is 2. The quantitative estimate of drug-likeness (QED) is 0.206. The van der Waals surface area contributed by atoms with Gasteiger partial charge in [0.05, 0.1) is 12.0 Å². The monoisotopic (exact) mass is 506 g/mol. The molecule has 10 heteroatoms. The molecule has 0 unspecified atom stereocenters. The predicted octanol–water partition coefficient (Wildman–Crippen LogP) is 3.44. The van der Waals surface area contributed by atoms with E-state index in [9.17, 15) is 18.8 Å². The number of esters is 1. The molecule has 4 rings (SSSR count). The van der Waals surface area contributed by atoms with Gasteiger partial charge in [-0.15, -0.1) is 0 Å². The molecule has 0 radical (unpaired) electrons. The third-order valence-corrected chi connectivity index (χ3v) is 5.75. The van der Waals surface area contributed by atoms with Crippen LogP contribution in [0.25, 0.3) is 16.7 Å². The maximum atomic E-state index is 13.8. The number of rotatable bonds is 8. The molecule has 0 aliphatic rings. The molecule has 0 atom stereocenters. The third kappa shape index (κ3) is 5.34. The molecule has 0 saturated carbocycles. The fourth-order valence-electron chi connectivity index (χ4n) is 4.03. The number of aryl methyl sites for hydroxylation is 2. The molecule has 1 amide bonds. The van der Waals surface area contributed by atoms with E-state index in [-0.39, 0.29) is 46.4 Å². The van der Waals surface area contributed by atoms with Crippen molar-refractivity contribution in [2.24, 2.45) is 4.99 Å². The second-order valence-electron chi connectivity index (χ2n) is 8.27. The number of aromatic nitrogens is 3. The molecule has 1 aromatic carbocycles. The largest absolute Gasteiger partial charge is 0.462 e. The number of ether oxygens (including phenoxy) is 2. The molecule has 192 valence electrons. The van der Waals surface area contributed by atoms with E-state index in [1.165, 1.54) is 28.7 Å². The molecule has 0 aliphatic carbocycles. The van der Waals surface area contributed by atoms with Crippen molar-refractivity contribution >= 4 is 28.6 Å². The third-order valence-electron chi connectivity index (χ3n) is 5.75. The van der Waals surface area contributed by atoms with Crippen molar-refractivity contribution in [3.63, 3.8) is 0 Å². The fourth-order valence-corrected chi connectivity index (χ4v) is 4.03. The highest BCUT2D eigenvalue weighted by Crippen LogP contribution is 2.14. The summed E-state index contributed by atoms with van der Waals surface area (Å²) in [6.07, 6.45) is 2.09. The van der Waals surface area contributed by atoms with Crippen LogP contribution in [0.3, 0.4) is 0 Å². The lowest BCUT2D eigenvalue weighted by Gasteiger charge is -2.15. The van der Waals surface area contributed by atoms with Crippen LogP contribution < -0.4 is 11.0 Å². The van der Waals surface area contributed by atoms with E-state index in [1.54, 1.807) is 23.8 Å². The average Bonchev–Trinajstić information content (AvgIpc) is 2.88. The van der Waals surface area contributed by atoms with Crippen LogP contribution in [0.5, 0.6) is 0 Å². The molecule has 0 fully saturated rings. The number of amides is 1. The van der Waals surface area contributed by atoms with Crippen molar-refractivity contribution in [3.8, 4) is 0 Å². The Balaban J connectivity index is 2.09. The van der Waals surface area contributed by atoms with Crippen molar-refractivity contribution in [2.75, 3.05) is 19.8 Å². The molecule has 0 bridgehead atoms. The Morgan fingerprint density at radius 3 is 2.62 bits per heavy atom.